The lowest BCUT2D eigenvalue weighted by molar-refractivity contribution is -0.137. The summed E-state index contributed by atoms with van der Waals surface area (Å²) in [5.74, 6) is -1.74. The van der Waals surface area contributed by atoms with E-state index in [-0.39, 0.29) is 22.6 Å². The summed E-state index contributed by atoms with van der Waals surface area (Å²) in [4.78, 5) is 36.7. The first-order chi connectivity index (χ1) is 20.5. The van der Waals surface area contributed by atoms with E-state index in [1.54, 1.807) is 31.2 Å². The first kappa shape index (κ1) is 32.9. The van der Waals surface area contributed by atoms with Crippen molar-refractivity contribution in [2.45, 2.75) is 26.4 Å². The van der Waals surface area contributed by atoms with Gasteiger partial charge in [0.1, 0.15) is 5.75 Å². The van der Waals surface area contributed by atoms with Crippen LogP contribution in [0.3, 0.4) is 0 Å². The van der Waals surface area contributed by atoms with Crippen molar-refractivity contribution >= 4 is 51.2 Å². The molecule has 0 atom stereocenters. The maximum atomic E-state index is 13.3. The number of carbonyl (C=O) groups is 3. The molecule has 14 heteroatoms. The van der Waals surface area contributed by atoms with Gasteiger partial charge in [0.25, 0.3) is 5.91 Å². The van der Waals surface area contributed by atoms with Crippen LogP contribution in [0, 0.1) is 0 Å². The third kappa shape index (κ3) is 10.3. The summed E-state index contributed by atoms with van der Waals surface area (Å²) in [6, 6.07) is 14.4. The topological polar surface area (TPSA) is 127 Å². The van der Waals surface area contributed by atoms with Crippen molar-refractivity contribution < 1.29 is 41.8 Å². The molecule has 3 aromatic carbocycles. The number of amides is 3. The molecule has 3 N–H and O–H groups in total. The van der Waals surface area contributed by atoms with Crippen LogP contribution >= 0.6 is 15.9 Å². The van der Waals surface area contributed by atoms with Crippen molar-refractivity contribution in [2.24, 2.45) is 5.10 Å². The van der Waals surface area contributed by atoms with E-state index in [0.29, 0.717) is 23.6 Å². The van der Waals surface area contributed by atoms with Gasteiger partial charge in [0.15, 0.2) is 18.1 Å². The highest BCUT2D eigenvalue weighted by molar-refractivity contribution is 9.10. The molecule has 228 valence electrons. The minimum Gasteiger partial charge on any atom is -0.494 e. The van der Waals surface area contributed by atoms with Crippen LogP contribution in [-0.4, -0.2) is 43.8 Å². The number of hydrogen-bond acceptors (Lipinski definition) is 7. The van der Waals surface area contributed by atoms with E-state index < -0.39 is 41.8 Å². The average molecular weight is 665 g/mol. The summed E-state index contributed by atoms with van der Waals surface area (Å²) < 4.78 is 56.7. The largest absolute Gasteiger partial charge is 0.494 e. The van der Waals surface area contributed by atoms with E-state index in [2.05, 4.69) is 37.1 Å². The number of hydrazone groups is 1. The smallest absolute Gasteiger partial charge is 0.418 e. The van der Waals surface area contributed by atoms with Crippen LogP contribution in [0.15, 0.2) is 70.2 Å². The summed E-state index contributed by atoms with van der Waals surface area (Å²) in [6.07, 6.45) is -2.56. The zero-order chi connectivity index (χ0) is 31.4. The molecule has 0 aliphatic heterocycles. The molecular formula is C29H28BrF3N4O6. The second-order valence-electron chi connectivity index (χ2n) is 8.69. The normalized spacial score (nSPS) is 11.1. The van der Waals surface area contributed by atoms with Crippen molar-refractivity contribution in [1.29, 1.82) is 0 Å². The number of hydrogen-bond donors (Lipinski definition) is 3. The molecule has 0 aromatic heterocycles. The molecule has 0 aliphatic carbocycles. The molecule has 0 saturated heterocycles. The molecule has 3 rings (SSSR count). The Morgan fingerprint density at radius 1 is 0.884 bits per heavy atom. The number of nitrogens with zero attached hydrogens (tertiary/aromatic N) is 1. The maximum absolute atomic E-state index is 13.3. The predicted octanol–water partition coefficient (Wildman–Crippen LogP) is 5.76. The second-order valence-corrected chi connectivity index (χ2v) is 9.61. The average Bonchev–Trinajstić information content (AvgIpc) is 2.97. The number of rotatable bonds is 12. The molecule has 0 heterocycles. The molecule has 0 bridgehead atoms. The first-order valence-corrected chi connectivity index (χ1v) is 13.7. The van der Waals surface area contributed by atoms with E-state index in [0.717, 1.165) is 18.6 Å². The van der Waals surface area contributed by atoms with Gasteiger partial charge in [0.2, 0.25) is 0 Å². The number of carbonyl (C=O) groups excluding carboxylic acids is 3. The number of benzene rings is 3. The zero-order valence-corrected chi connectivity index (χ0v) is 24.7. The second kappa shape index (κ2) is 15.6. The number of anilines is 2. The molecule has 3 aromatic rings. The van der Waals surface area contributed by atoms with E-state index in [4.69, 9.17) is 14.2 Å². The minimum atomic E-state index is -4.67. The Kier molecular flexibility index (Phi) is 11.9. The van der Waals surface area contributed by atoms with Gasteiger partial charge in [-0.25, -0.2) is 5.43 Å². The van der Waals surface area contributed by atoms with Crippen LogP contribution in [-0.2, 0) is 20.6 Å². The van der Waals surface area contributed by atoms with Crippen LogP contribution in [0.5, 0.6) is 17.2 Å². The van der Waals surface area contributed by atoms with Gasteiger partial charge < -0.3 is 24.8 Å². The van der Waals surface area contributed by atoms with E-state index in [1.165, 1.54) is 30.5 Å². The quantitative estimate of drug-likeness (QED) is 0.128. The molecule has 10 nitrogen and oxygen atoms in total. The Morgan fingerprint density at radius 3 is 2.30 bits per heavy atom. The number of ether oxygens (including phenoxy) is 3. The fourth-order valence-electron chi connectivity index (χ4n) is 3.44. The molecular weight excluding hydrogens is 637 g/mol. The lowest BCUT2D eigenvalue weighted by Gasteiger charge is -2.15. The van der Waals surface area contributed by atoms with Crippen LogP contribution in [0.25, 0.3) is 0 Å². The molecule has 3 amide bonds. The Bertz CT molecular complexity index is 1470. The van der Waals surface area contributed by atoms with Gasteiger partial charge >= 0.3 is 18.0 Å². The highest BCUT2D eigenvalue weighted by atomic mass is 79.9. The summed E-state index contributed by atoms with van der Waals surface area (Å²) in [5, 5.41) is 8.43. The molecule has 43 heavy (non-hydrogen) atoms. The number of halogens is 4. The summed E-state index contributed by atoms with van der Waals surface area (Å²) >= 11 is 2.99. The van der Waals surface area contributed by atoms with Crippen molar-refractivity contribution in [3.8, 4) is 17.2 Å². The Morgan fingerprint density at radius 2 is 1.63 bits per heavy atom. The van der Waals surface area contributed by atoms with Crippen LogP contribution in [0.1, 0.15) is 31.4 Å². The highest BCUT2D eigenvalue weighted by Gasteiger charge is 2.34. The number of alkyl halides is 3. The predicted molar refractivity (Wildman–Crippen MR) is 157 cm³/mol. The Labute approximate surface area is 253 Å². The summed E-state index contributed by atoms with van der Waals surface area (Å²) in [7, 11) is 0. The fraction of sp³-hybridized carbons (Fsp3) is 0.241. The first-order valence-electron chi connectivity index (χ1n) is 12.9. The third-order valence-corrected chi connectivity index (χ3v) is 5.85. The molecule has 0 saturated carbocycles. The third-order valence-electron chi connectivity index (χ3n) is 5.36. The lowest BCUT2D eigenvalue weighted by Crippen LogP contribution is -2.32. The molecule has 0 aliphatic rings. The van der Waals surface area contributed by atoms with Gasteiger partial charge in [-0.1, -0.05) is 22.9 Å². The Hall–Kier alpha value is -4.59. The van der Waals surface area contributed by atoms with Crippen molar-refractivity contribution in [3.05, 3.63) is 76.3 Å². The van der Waals surface area contributed by atoms with Gasteiger partial charge in [0.05, 0.1) is 30.7 Å². The van der Waals surface area contributed by atoms with Crippen LogP contribution in [0.4, 0.5) is 24.5 Å². The standard InChI is InChI=1S/C29H28BrF3N4O6/c1-3-13-42-21-9-7-20(8-10-21)35-27(39)28(40)37-34-16-18-5-12-24(25(14-18)41-4-2)43-17-26(38)36-23-11-6-19(30)15-22(23)29(31,32)33/h5-12,14-16H,3-4,13,17H2,1-2H3,(H,35,39)(H,36,38)(H,37,40)/b34-16-. The SMILES string of the molecule is CCCOc1ccc(NC(=O)C(=O)N/N=C\c2ccc(OCC(=O)Nc3ccc(Br)cc3C(F)(F)F)c(OCC)c2)cc1. The van der Waals surface area contributed by atoms with Gasteiger partial charge in [-0.3, -0.25) is 14.4 Å². The highest BCUT2D eigenvalue weighted by Crippen LogP contribution is 2.36. The monoisotopic (exact) mass is 664 g/mol. The van der Waals surface area contributed by atoms with E-state index in [1.807, 2.05) is 6.92 Å². The van der Waals surface area contributed by atoms with Crippen LogP contribution in [0.2, 0.25) is 0 Å². The lowest BCUT2D eigenvalue weighted by atomic mass is 10.1. The van der Waals surface area contributed by atoms with Crippen LogP contribution < -0.4 is 30.3 Å². The molecule has 0 radical (unpaired) electrons. The van der Waals surface area contributed by atoms with E-state index >= 15 is 0 Å². The van der Waals surface area contributed by atoms with Gasteiger partial charge in [-0.05, 0) is 79.6 Å². The fourth-order valence-corrected chi connectivity index (χ4v) is 3.80. The van der Waals surface area contributed by atoms with Crippen molar-refractivity contribution in [2.75, 3.05) is 30.5 Å². The zero-order valence-electron chi connectivity index (χ0n) is 23.1. The van der Waals surface area contributed by atoms with Gasteiger partial charge in [0, 0.05) is 10.2 Å². The maximum Gasteiger partial charge on any atom is 0.418 e. The summed E-state index contributed by atoms with van der Waals surface area (Å²) in [6.45, 7) is 3.90. The van der Waals surface area contributed by atoms with Gasteiger partial charge in [-0.2, -0.15) is 18.3 Å². The Balaban J connectivity index is 1.56. The molecule has 0 unspecified atom stereocenters. The van der Waals surface area contributed by atoms with Crippen molar-refractivity contribution in [3.63, 3.8) is 0 Å². The van der Waals surface area contributed by atoms with Crippen molar-refractivity contribution in [1.82, 2.24) is 5.43 Å². The molecule has 0 fully saturated rings. The minimum absolute atomic E-state index is 0.149. The number of nitrogens with one attached hydrogen (secondary N) is 3. The summed E-state index contributed by atoms with van der Waals surface area (Å²) in [5.41, 5.74) is 1.56. The van der Waals surface area contributed by atoms with E-state index in [9.17, 15) is 27.6 Å². The van der Waals surface area contributed by atoms with Gasteiger partial charge in [-0.15, -0.1) is 0 Å². The molecule has 0 spiro atoms.